The predicted molar refractivity (Wildman–Crippen MR) is 45.0 cm³/mol. The van der Waals surface area contributed by atoms with Crippen molar-refractivity contribution in [3.05, 3.63) is 11.6 Å². The summed E-state index contributed by atoms with van der Waals surface area (Å²) in [7, 11) is 1.90. The number of nitrogens with zero attached hydrogens (tertiary/aromatic N) is 1. The van der Waals surface area contributed by atoms with Crippen LogP contribution in [0.5, 0.6) is 0 Å². The fourth-order valence-corrected chi connectivity index (χ4v) is 1.48. The number of halogens is 1. The van der Waals surface area contributed by atoms with Gasteiger partial charge in [0.05, 0.1) is 0 Å². The van der Waals surface area contributed by atoms with Gasteiger partial charge in [-0.15, -0.1) is 0 Å². The highest BCUT2D eigenvalue weighted by Crippen LogP contribution is 2.17. The van der Waals surface area contributed by atoms with E-state index >= 15 is 0 Å². The highest BCUT2D eigenvalue weighted by atomic mass is 35.5. The third-order valence-electron chi connectivity index (χ3n) is 1.81. The normalized spacial score (nSPS) is 19.3. The van der Waals surface area contributed by atoms with Crippen LogP contribution in [0.3, 0.4) is 0 Å². The van der Waals surface area contributed by atoms with Crippen LogP contribution in [0, 0.1) is 0 Å². The van der Waals surface area contributed by atoms with Gasteiger partial charge in [-0.3, -0.25) is 0 Å². The Balaban J connectivity index is 2.31. The second-order valence-corrected chi connectivity index (χ2v) is 3.45. The highest BCUT2D eigenvalue weighted by Gasteiger charge is 2.04. The lowest BCUT2D eigenvalue weighted by molar-refractivity contribution is 0.561. The average molecular weight is 160 g/mol. The van der Waals surface area contributed by atoms with E-state index in [4.69, 9.17) is 11.8 Å². The molecule has 0 radical (unpaired) electrons. The maximum Gasteiger partial charge on any atom is 0.0346 e. The van der Waals surface area contributed by atoms with Gasteiger partial charge in [-0.2, -0.15) is 0 Å². The van der Waals surface area contributed by atoms with Crippen molar-refractivity contribution in [1.82, 2.24) is 4.42 Å². The molecule has 0 fully saturated rings. The van der Waals surface area contributed by atoms with Crippen LogP contribution >= 0.6 is 11.8 Å². The van der Waals surface area contributed by atoms with E-state index in [1.54, 1.807) is 4.42 Å². The lowest BCUT2D eigenvalue weighted by Crippen LogP contribution is -2.10. The van der Waals surface area contributed by atoms with Gasteiger partial charge < -0.3 is 0 Å². The molecule has 0 amide bonds. The molecular formula is C8H14ClN. The molecule has 0 saturated heterocycles. The lowest BCUT2D eigenvalue weighted by Gasteiger charge is -2.14. The summed E-state index contributed by atoms with van der Waals surface area (Å²) in [5.74, 6) is 0. The average Bonchev–Trinajstić information content (AvgIpc) is 1.88. The molecule has 1 aliphatic carbocycles. The molecule has 0 aromatic carbocycles. The third kappa shape index (κ3) is 2.72. The van der Waals surface area contributed by atoms with Crippen molar-refractivity contribution >= 4 is 11.8 Å². The summed E-state index contributed by atoms with van der Waals surface area (Å²) >= 11 is 5.70. The number of allylic oxidation sites excluding steroid dienone is 1. The van der Waals surface area contributed by atoms with Gasteiger partial charge in [0.2, 0.25) is 0 Å². The fraction of sp³-hybridized carbons (Fsp3) is 0.750. The molecular weight excluding hydrogens is 146 g/mol. The van der Waals surface area contributed by atoms with Crippen LogP contribution in [-0.2, 0) is 0 Å². The van der Waals surface area contributed by atoms with Gasteiger partial charge in [-0.1, -0.05) is 11.6 Å². The van der Waals surface area contributed by atoms with Gasteiger partial charge in [0.1, 0.15) is 0 Å². The van der Waals surface area contributed by atoms with Crippen LogP contribution < -0.4 is 0 Å². The maximum absolute atomic E-state index is 5.70. The zero-order valence-electron chi connectivity index (χ0n) is 6.44. The topological polar surface area (TPSA) is 3.24 Å². The molecule has 0 aromatic heterocycles. The van der Waals surface area contributed by atoms with Crippen LogP contribution in [-0.4, -0.2) is 18.0 Å². The Bertz CT molecular complexity index is 129. The van der Waals surface area contributed by atoms with Gasteiger partial charge in [0, 0.05) is 13.6 Å². The van der Waals surface area contributed by atoms with Gasteiger partial charge in [0.15, 0.2) is 0 Å². The van der Waals surface area contributed by atoms with Gasteiger partial charge in [-0.05, 0) is 37.5 Å². The van der Waals surface area contributed by atoms with Crippen molar-refractivity contribution in [3.8, 4) is 0 Å². The van der Waals surface area contributed by atoms with Gasteiger partial charge in [0.25, 0.3) is 0 Å². The van der Waals surface area contributed by atoms with Crippen molar-refractivity contribution in [1.29, 1.82) is 0 Å². The largest absolute Gasteiger partial charge is 0.219 e. The summed E-state index contributed by atoms with van der Waals surface area (Å²) in [5, 5.41) is 0. The van der Waals surface area contributed by atoms with E-state index in [0.29, 0.717) is 0 Å². The number of likely N-dealkylation sites (N-methyl/N-ethyl adjacent to an activating group) is 1. The zero-order chi connectivity index (χ0) is 7.40. The Labute approximate surface area is 67.8 Å². The van der Waals surface area contributed by atoms with Gasteiger partial charge in [-0.25, -0.2) is 4.42 Å². The second kappa shape index (κ2) is 3.99. The highest BCUT2D eigenvalue weighted by molar-refractivity contribution is 6.13. The second-order valence-electron chi connectivity index (χ2n) is 2.87. The SMILES string of the molecule is CN(Cl)CC1=CCCCC1. The minimum atomic E-state index is 0.932. The Hall–Kier alpha value is -0.0100. The molecule has 0 saturated carbocycles. The maximum atomic E-state index is 5.70. The zero-order valence-corrected chi connectivity index (χ0v) is 7.19. The lowest BCUT2D eigenvalue weighted by atomic mass is 10.00. The van der Waals surface area contributed by atoms with Gasteiger partial charge >= 0.3 is 0 Å². The summed E-state index contributed by atoms with van der Waals surface area (Å²) < 4.78 is 1.72. The summed E-state index contributed by atoms with van der Waals surface area (Å²) in [6.07, 6.45) is 7.52. The molecule has 1 nitrogen and oxygen atoms in total. The molecule has 0 unspecified atom stereocenters. The van der Waals surface area contributed by atoms with Crippen molar-refractivity contribution in [2.45, 2.75) is 25.7 Å². The molecule has 0 aromatic rings. The van der Waals surface area contributed by atoms with Crippen molar-refractivity contribution in [2.24, 2.45) is 0 Å². The predicted octanol–water partition coefficient (Wildman–Crippen LogP) is 2.57. The molecule has 0 bridgehead atoms. The van der Waals surface area contributed by atoms with E-state index < -0.39 is 0 Å². The Morgan fingerprint density at radius 3 is 2.90 bits per heavy atom. The fourth-order valence-electron chi connectivity index (χ4n) is 1.33. The van der Waals surface area contributed by atoms with E-state index in [9.17, 15) is 0 Å². The molecule has 0 atom stereocenters. The quantitative estimate of drug-likeness (QED) is 0.442. The molecule has 10 heavy (non-hydrogen) atoms. The molecule has 1 rings (SSSR count). The van der Waals surface area contributed by atoms with E-state index in [2.05, 4.69) is 6.08 Å². The first-order valence-corrected chi connectivity index (χ1v) is 4.17. The monoisotopic (exact) mass is 159 g/mol. The first kappa shape index (κ1) is 8.09. The Morgan fingerprint density at radius 1 is 1.60 bits per heavy atom. The molecule has 0 heterocycles. The van der Waals surface area contributed by atoms with Crippen molar-refractivity contribution in [2.75, 3.05) is 13.6 Å². The number of hydrogen-bond donors (Lipinski definition) is 0. The van der Waals surface area contributed by atoms with Crippen molar-refractivity contribution < 1.29 is 0 Å². The van der Waals surface area contributed by atoms with Crippen LogP contribution in [0.4, 0.5) is 0 Å². The molecule has 0 N–H and O–H groups in total. The standard InChI is InChI=1S/C8H14ClN/c1-10(9)7-8-5-3-2-4-6-8/h5H,2-4,6-7H2,1H3. The van der Waals surface area contributed by atoms with E-state index in [1.165, 1.54) is 31.3 Å². The van der Waals surface area contributed by atoms with Crippen LogP contribution in [0.15, 0.2) is 11.6 Å². The summed E-state index contributed by atoms with van der Waals surface area (Å²) in [6, 6.07) is 0. The third-order valence-corrected chi connectivity index (χ3v) is 1.93. The Morgan fingerprint density at radius 2 is 2.40 bits per heavy atom. The summed E-state index contributed by atoms with van der Waals surface area (Å²) in [4.78, 5) is 0. The molecule has 0 spiro atoms. The molecule has 58 valence electrons. The molecule has 2 heteroatoms. The first-order valence-electron chi connectivity index (χ1n) is 3.84. The number of hydrogen-bond acceptors (Lipinski definition) is 1. The minimum Gasteiger partial charge on any atom is -0.219 e. The van der Waals surface area contributed by atoms with Crippen LogP contribution in [0.2, 0.25) is 0 Å². The van der Waals surface area contributed by atoms with E-state index in [-0.39, 0.29) is 0 Å². The minimum absolute atomic E-state index is 0.932. The molecule has 0 aliphatic heterocycles. The van der Waals surface area contributed by atoms with E-state index in [1.807, 2.05) is 7.05 Å². The van der Waals surface area contributed by atoms with Crippen LogP contribution in [0.1, 0.15) is 25.7 Å². The number of rotatable bonds is 2. The smallest absolute Gasteiger partial charge is 0.0346 e. The van der Waals surface area contributed by atoms with E-state index in [0.717, 1.165) is 6.54 Å². The summed E-state index contributed by atoms with van der Waals surface area (Å²) in [5.41, 5.74) is 1.50. The Kier molecular flexibility index (Phi) is 3.23. The molecule has 1 aliphatic rings. The van der Waals surface area contributed by atoms with Crippen LogP contribution in [0.25, 0.3) is 0 Å². The summed E-state index contributed by atoms with van der Waals surface area (Å²) in [6.45, 7) is 0.932. The van der Waals surface area contributed by atoms with Crippen molar-refractivity contribution in [3.63, 3.8) is 0 Å². The first-order chi connectivity index (χ1) is 4.79.